The molecule has 104 valence electrons. The van der Waals surface area contributed by atoms with E-state index in [1.807, 2.05) is 6.07 Å². The van der Waals surface area contributed by atoms with Crippen LogP contribution >= 0.6 is 0 Å². The Kier molecular flexibility index (Phi) is 3.48. The number of fused-ring (bicyclic) bond motifs is 1. The first-order valence-electron chi connectivity index (χ1n) is 6.86. The van der Waals surface area contributed by atoms with Crippen LogP contribution in [-0.2, 0) is 0 Å². The maximum Gasteiger partial charge on any atom is 0.231 e. The molecule has 1 saturated heterocycles. The first-order chi connectivity index (χ1) is 9.28. The number of benzene rings is 1. The molecule has 0 aliphatic carbocycles. The average Bonchev–Trinajstić information content (AvgIpc) is 2.88. The van der Waals surface area contributed by atoms with Crippen molar-refractivity contribution in [2.45, 2.75) is 13.0 Å². The summed E-state index contributed by atoms with van der Waals surface area (Å²) in [5.74, 6) is 1.70. The van der Waals surface area contributed by atoms with Gasteiger partial charge in [0, 0.05) is 50.5 Å². The number of rotatable bonds is 3. The van der Waals surface area contributed by atoms with E-state index in [0.29, 0.717) is 12.8 Å². The van der Waals surface area contributed by atoms with E-state index >= 15 is 0 Å². The van der Waals surface area contributed by atoms with Gasteiger partial charge in [-0.1, -0.05) is 0 Å². The molecule has 1 aromatic rings. The minimum Gasteiger partial charge on any atom is -0.454 e. The lowest BCUT2D eigenvalue weighted by Crippen LogP contribution is -2.53. The van der Waals surface area contributed by atoms with Crippen LogP contribution in [0.1, 0.15) is 6.92 Å². The normalized spacial score (nSPS) is 22.8. The molecular formula is C14H21N3O2. The summed E-state index contributed by atoms with van der Waals surface area (Å²) >= 11 is 0. The highest BCUT2D eigenvalue weighted by Crippen LogP contribution is 2.35. The second-order valence-corrected chi connectivity index (χ2v) is 5.16. The molecule has 0 spiro atoms. The van der Waals surface area contributed by atoms with Crippen LogP contribution in [0.5, 0.6) is 11.5 Å². The van der Waals surface area contributed by atoms with Crippen molar-refractivity contribution < 1.29 is 9.47 Å². The molecule has 1 atom stereocenters. The van der Waals surface area contributed by atoms with E-state index in [1.54, 1.807) is 0 Å². The van der Waals surface area contributed by atoms with Gasteiger partial charge in [-0.2, -0.15) is 0 Å². The van der Waals surface area contributed by atoms with Gasteiger partial charge in [-0.05, 0) is 19.1 Å². The molecule has 19 heavy (non-hydrogen) atoms. The Labute approximate surface area is 113 Å². The van der Waals surface area contributed by atoms with E-state index in [4.69, 9.17) is 15.2 Å². The number of nitrogens with zero attached hydrogens (tertiary/aromatic N) is 2. The maximum atomic E-state index is 5.64. The first-order valence-corrected chi connectivity index (χ1v) is 6.86. The van der Waals surface area contributed by atoms with Gasteiger partial charge in [0.1, 0.15) is 0 Å². The molecule has 0 amide bonds. The standard InChI is InChI=1S/C14H21N3O2/c1-11-9-17(7-6-16(11)5-4-15)12-2-3-13-14(8-12)19-10-18-13/h2-3,8,11H,4-7,9-10,15H2,1H3. The smallest absolute Gasteiger partial charge is 0.231 e. The number of hydrogen-bond donors (Lipinski definition) is 1. The lowest BCUT2D eigenvalue weighted by molar-refractivity contribution is 0.174. The van der Waals surface area contributed by atoms with Crippen molar-refractivity contribution in [3.05, 3.63) is 18.2 Å². The molecule has 1 fully saturated rings. The zero-order chi connectivity index (χ0) is 13.2. The van der Waals surface area contributed by atoms with E-state index in [1.165, 1.54) is 5.69 Å². The summed E-state index contributed by atoms with van der Waals surface area (Å²) in [6, 6.07) is 6.71. The Morgan fingerprint density at radius 1 is 1.26 bits per heavy atom. The Morgan fingerprint density at radius 2 is 2.11 bits per heavy atom. The number of nitrogens with two attached hydrogens (primary N) is 1. The second kappa shape index (κ2) is 5.27. The van der Waals surface area contributed by atoms with Crippen LogP contribution in [0.25, 0.3) is 0 Å². The SMILES string of the molecule is CC1CN(c2ccc3c(c2)OCO3)CCN1CCN. The molecule has 2 aliphatic rings. The Bertz CT molecular complexity index is 452. The number of hydrogen-bond acceptors (Lipinski definition) is 5. The monoisotopic (exact) mass is 263 g/mol. The minimum atomic E-state index is 0.333. The van der Waals surface area contributed by atoms with Gasteiger partial charge in [0.2, 0.25) is 6.79 Å². The molecule has 1 aromatic carbocycles. The molecule has 2 aliphatic heterocycles. The minimum absolute atomic E-state index is 0.333. The van der Waals surface area contributed by atoms with Crippen LogP contribution in [0.4, 0.5) is 5.69 Å². The van der Waals surface area contributed by atoms with Crippen molar-refractivity contribution in [2.75, 3.05) is 44.4 Å². The molecule has 0 saturated carbocycles. The third kappa shape index (κ3) is 2.48. The number of ether oxygens (including phenoxy) is 2. The van der Waals surface area contributed by atoms with Crippen LogP contribution in [0.2, 0.25) is 0 Å². The van der Waals surface area contributed by atoms with Crippen molar-refractivity contribution in [1.29, 1.82) is 0 Å². The van der Waals surface area contributed by atoms with E-state index in [0.717, 1.165) is 44.2 Å². The van der Waals surface area contributed by atoms with Gasteiger partial charge < -0.3 is 20.1 Å². The molecule has 5 heteroatoms. The molecule has 0 radical (unpaired) electrons. The van der Waals surface area contributed by atoms with E-state index in [2.05, 4.69) is 28.9 Å². The van der Waals surface area contributed by atoms with Crippen LogP contribution in [0.3, 0.4) is 0 Å². The van der Waals surface area contributed by atoms with Crippen molar-refractivity contribution in [3.8, 4) is 11.5 Å². The fraction of sp³-hybridized carbons (Fsp3) is 0.571. The third-order valence-corrected chi connectivity index (χ3v) is 3.90. The number of piperazine rings is 1. The molecular weight excluding hydrogens is 242 g/mol. The van der Waals surface area contributed by atoms with Gasteiger partial charge >= 0.3 is 0 Å². The summed E-state index contributed by atoms with van der Waals surface area (Å²) in [7, 11) is 0. The second-order valence-electron chi connectivity index (χ2n) is 5.16. The van der Waals surface area contributed by atoms with Crippen LogP contribution in [-0.4, -0.2) is 50.5 Å². The Hall–Kier alpha value is -1.46. The van der Waals surface area contributed by atoms with Gasteiger partial charge in [-0.3, -0.25) is 4.90 Å². The Morgan fingerprint density at radius 3 is 2.89 bits per heavy atom. The summed E-state index contributed by atoms with van der Waals surface area (Å²) in [5.41, 5.74) is 6.85. The van der Waals surface area contributed by atoms with Crippen LogP contribution in [0, 0.1) is 0 Å². The predicted molar refractivity (Wildman–Crippen MR) is 74.9 cm³/mol. The van der Waals surface area contributed by atoms with Gasteiger partial charge in [0.15, 0.2) is 11.5 Å². The molecule has 3 rings (SSSR count). The van der Waals surface area contributed by atoms with Gasteiger partial charge in [-0.15, -0.1) is 0 Å². The largest absolute Gasteiger partial charge is 0.454 e. The molecule has 2 heterocycles. The Balaban J connectivity index is 1.70. The van der Waals surface area contributed by atoms with E-state index < -0.39 is 0 Å². The molecule has 0 bridgehead atoms. The zero-order valence-corrected chi connectivity index (χ0v) is 11.3. The third-order valence-electron chi connectivity index (χ3n) is 3.90. The van der Waals surface area contributed by atoms with Crippen molar-refractivity contribution in [1.82, 2.24) is 4.90 Å². The van der Waals surface area contributed by atoms with Gasteiger partial charge in [-0.25, -0.2) is 0 Å². The maximum absolute atomic E-state index is 5.64. The lowest BCUT2D eigenvalue weighted by Gasteiger charge is -2.40. The topological polar surface area (TPSA) is 51.0 Å². The highest BCUT2D eigenvalue weighted by atomic mass is 16.7. The van der Waals surface area contributed by atoms with E-state index in [9.17, 15) is 0 Å². The number of anilines is 1. The van der Waals surface area contributed by atoms with E-state index in [-0.39, 0.29) is 0 Å². The van der Waals surface area contributed by atoms with Crippen molar-refractivity contribution >= 4 is 5.69 Å². The molecule has 1 unspecified atom stereocenters. The lowest BCUT2D eigenvalue weighted by atomic mass is 10.1. The molecule has 5 nitrogen and oxygen atoms in total. The zero-order valence-electron chi connectivity index (χ0n) is 11.3. The highest BCUT2D eigenvalue weighted by Gasteiger charge is 2.24. The quantitative estimate of drug-likeness (QED) is 0.877. The van der Waals surface area contributed by atoms with Crippen molar-refractivity contribution in [2.24, 2.45) is 5.73 Å². The van der Waals surface area contributed by atoms with Gasteiger partial charge in [0.25, 0.3) is 0 Å². The summed E-state index contributed by atoms with van der Waals surface area (Å²) < 4.78 is 10.8. The fourth-order valence-electron chi connectivity index (χ4n) is 2.81. The van der Waals surface area contributed by atoms with Gasteiger partial charge in [0.05, 0.1) is 0 Å². The summed E-state index contributed by atoms with van der Waals surface area (Å²) in [4.78, 5) is 4.85. The summed E-state index contributed by atoms with van der Waals surface area (Å²) in [6.45, 7) is 7.43. The highest BCUT2D eigenvalue weighted by molar-refractivity contribution is 5.57. The average molecular weight is 263 g/mol. The summed E-state index contributed by atoms with van der Waals surface area (Å²) in [5, 5.41) is 0. The first kappa shape index (κ1) is 12.6. The summed E-state index contributed by atoms with van der Waals surface area (Å²) in [6.07, 6.45) is 0. The van der Waals surface area contributed by atoms with Crippen LogP contribution < -0.4 is 20.1 Å². The fourth-order valence-corrected chi connectivity index (χ4v) is 2.81. The van der Waals surface area contributed by atoms with Crippen molar-refractivity contribution in [3.63, 3.8) is 0 Å². The van der Waals surface area contributed by atoms with Crippen LogP contribution in [0.15, 0.2) is 18.2 Å². The molecule has 0 aromatic heterocycles. The predicted octanol–water partition coefficient (Wildman–Crippen LogP) is 0.884. The molecule has 2 N–H and O–H groups in total.